The molecule has 0 N–H and O–H groups in total. The Labute approximate surface area is 255 Å². The molecule has 0 aromatic heterocycles. The summed E-state index contributed by atoms with van der Waals surface area (Å²) in [5, 5.41) is 12.4. The van der Waals surface area contributed by atoms with Gasteiger partial charge in [-0.2, -0.15) is 0 Å². The SMILES string of the molecule is CCOC(=O)C(C)(C)Oc1ccc(Cc2cc(C3O[C@H](CC)C(OC(C)=O)C(C)C3OC(C)=O)ccc2Cl)cc1[N+](=O)[O-]. The maximum absolute atomic E-state index is 12.3. The van der Waals surface area contributed by atoms with Crippen LogP contribution in [0.3, 0.4) is 0 Å². The van der Waals surface area contributed by atoms with E-state index in [1.807, 2.05) is 19.9 Å². The molecule has 1 aliphatic heterocycles. The van der Waals surface area contributed by atoms with Crippen molar-refractivity contribution in [2.45, 2.75) is 91.3 Å². The summed E-state index contributed by atoms with van der Waals surface area (Å²) in [6, 6.07) is 9.75. The minimum Gasteiger partial charge on any atom is -0.469 e. The van der Waals surface area contributed by atoms with Gasteiger partial charge in [-0.1, -0.05) is 43.6 Å². The Bertz CT molecular complexity index is 1360. The van der Waals surface area contributed by atoms with Gasteiger partial charge < -0.3 is 23.7 Å². The fraction of sp³-hybridized carbons (Fsp3) is 0.516. The molecule has 43 heavy (non-hydrogen) atoms. The Morgan fingerprint density at radius 2 is 1.67 bits per heavy atom. The minimum absolute atomic E-state index is 0.0755. The van der Waals surface area contributed by atoms with Gasteiger partial charge in [-0.25, -0.2) is 4.79 Å². The number of benzene rings is 2. The Morgan fingerprint density at radius 1 is 1.02 bits per heavy atom. The molecule has 0 bridgehead atoms. The topological polar surface area (TPSA) is 141 Å². The highest BCUT2D eigenvalue weighted by Crippen LogP contribution is 2.41. The van der Waals surface area contributed by atoms with Crippen molar-refractivity contribution in [3.63, 3.8) is 0 Å². The number of nitro benzene ring substituents is 1. The first-order valence-electron chi connectivity index (χ1n) is 14.1. The van der Waals surface area contributed by atoms with Crippen molar-refractivity contribution >= 4 is 35.2 Å². The zero-order valence-corrected chi connectivity index (χ0v) is 26.1. The molecule has 0 spiro atoms. The van der Waals surface area contributed by atoms with Crippen molar-refractivity contribution in [3.8, 4) is 5.75 Å². The molecule has 0 saturated carbocycles. The van der Waals surface area contributed by atoms with Crippen LogP contribution in [0.2, 0.25) is 5.02 Å². The van der Waals surface area contributed by atoms with Crippen LogP contribution in [0.25, 0.3) is 0 Å². The Hall–Kier alpha value is -3.70. The van der Waals surface area contributed by atoms with E-state index in [-0.39, 0.29) is 30.4 Å². The second-order valence-corrected chi connectivity index (χ2v) is 11.3. The monoisotopic (exact) mass is 619 g/mol. The second-order valence-electron chi connectivity index (χ2n) is 10.9. The van der Waals surface area contributed by atoms with Gasteiger partial charge in [0.05, 0.1) is 17.6 Å². The molecule has 12 heteroatoms. The number of carbonyl (C=O) groups excluding carboxylic acids is 3. The lowest BCUT2D eigenvalue weighted by atomic mass is 9.83. The van der Waals surface area contributed by atoms with E-state index in [4.69, 9.17) is 35.3 Å². The summed E-state index contributed by atoms with van der Waals surface area (Å²) in [6.45, 7) is 11.1. The third-order valence-corrected chi connectivity index (χ3v) is 7.54. The van der Waals surface area contributed by atoms with Crippen LogP contribution in [0, 0.1) is 16.0 Å². The molecule has 1 heterocycles. The summed E-state index contributed by atoms with van der Waals surface area (Å²) in [4.78, 5) is 47.5. The highest BCUT2D eigenvalue weighted by atomic mass is 35.5. The quantitative estimate of drug-likeness (QED) is 0.129. The highest BCUT2D eigenvalue weighted by Gasteiger charge is 2.47. The molecule has 234 valence electrons. The maximum Gasteiger partial charge on any atom is 0.349 e. The molecule has 5 atom stereocenters. The molecular weight excluding hydrogens is 582 g/mol. The maximum atomic E-state index is 12.3. The zero-order valence-electron chi connectivity index (χ0n) is 25.4. The zero-order chi connectivity index (χ0) is 32.1. The molecule has 2 aromatic carbocycles. The fourth-order valence-electron chi connectivity index (χ4n) is 5.13. The molecule has 4 unspecified atom stereocenters. The molecule has 3 rings (SSSR count). The second kappa shape index (κ2) is 14.2. The lowest BCUT2D eigenvalue weighted by Crippen LogP contribution is -2.52. The van der Waals surface area contributed by atoms with Gasteiger partial charge in [0.25, 0.3) is 0 Å². The van der Waals surface area contributed by atoms with E-state index < -0.39 is 52.8 Å². The van der Waals surface area contributed by atoms with Gasteiger partial charge in [0.15, 0.2) is 5.75 Å². The van der Waals surface area contributed by atoms with E-state index in [2.05, 4.69) is 0 Å². The van der Waals surface area contributed by atoms with Crippen molar-refractivity contribution < 1.29 is 43.0 Å². The lowest BCUT2D eigenvalue weighted by molar-refractivity contribution is -0.386. The molecule has 1 aliphatic rings. The van der Waals surface area contributed by atoms with Crippen LogP contribution in [0.5, 0.6) is 5.75 Å². The normalized spacial score (nSPS) is 21.9. The van der Waals surface area contributed by atoms with E-state index in [9.17, 15) is 24.5 Å². The van der Waals surface area contributed by atoms with E-state index >= 15 is 0 Å². The van der Waals surface area contributed by atoms with Crippen LogP contribution >= 0.6 is 11.6 Å². The molecule has 0 amide bonds. The average Bonchev–Trinajstić information content (AvgIpc) is 2.92. The number of carbonyl (C=O) groups is 3. The van der Waals surface area contributed by atoms with E-state index in [1.165, 1.54) is 39.8 Å². The van der Waals surface area contributed by atoms with Crippen molar-refractivity contribution in [1.29, 1.82) is 0 Å². The van der Waals surface area contributed by atoms with E-state index in [0.29, 0.717) is 28.1 Å². The minimum atomic E-state index is -1.44. The fourth-order valence-corrected chi connectivity index (χ4v) is 5.31. The van der Waals surface area contributed by atoms with Crippen molar-refractivity contribution in [2.24, 2.45) is 5.92 Å². The number of nitrogens with zero attached hydrogens (tertiary/aromatic N) is 1. The van der Waals surface area contributed by atoms with E-state index in [0.717, 1.165) is 0 Å². The van der Waals surface area contributed by atoms with Crippen molar-refractivity contribution in [2.75, 3.05) is 6.61 Å². The Balaban J connectivity index is 1.95. The predicted octanol–water partition coefficient (Wildman–Crippen LogP) is 5.91. The van der Waals surface area contributed by atoms with Crippen LogP contribution in [-0.2, 0) is 39.8 Å². The van der Waals surface area contributed by atoms with Gasteiger partial charge in [-0.05, 0) is 62.4 Å². The van der Waals surface area contributed by atoms with Crippen LogP contribution in [0.1, 0.15) is 77.7 Å². The van der Waals surface area contributed by atoms with E-state index in [1.54, 1.807) is 25.1 Å². The first kappa shape index (κ1) is 33.8. The Kier molecular flexibility index (Phi) is 11.1. The van der Waals surface area contributed by atoms with Gasteiger partial charge >= 0.3 is 23.6 Å². The van der Waals surface area contributed by atoms with Crippen LogP contribution in [-0.4, -0.2) is 53.4 Å². The van der Waals surface area contributed by atoms with Gasteiger partial charge in [0, 0.05) is 30.9 Å². The smallest absolute Gasteiger partial charge is 0.349 e. The molecule has 11 nitrogen and oxygen atoms in total. The molecule has 0 aliphatic carbocycles. The van der Waals surface area contributed by atoms with Gasteiger partial charge in [0.2, 0.25) is 5.60 Å². The molecule has 0 radical (unpaired) electrons. The summed E-state index contributed by atoms with van der Waals surface area (Å²) < 4.78 is 28.3. The summed E-state index contributed by atoms with van der Waals surface area (Å²) >= 11 is 6.56. The Morgan fingerprint density at radius 3 is 2.26 bits per heavy atom. The van der Waals surface area contributed by atoms with Gasteiger partial charge in [-0.15, -0.1) is 0 Å². The number of ether oxygens (including phenoxy) is 5. The predicted molar refractivity (Wildman–Crippen MR) is 157 cm³/mol. The molecule has 2 aromatic rings. The first-order valence-corrected chi connectivity index (χ1v) is 14.5. The average molecular weight is 620 g/mol. The number of rotatable bonds is 11. The molecule has 1 saturated heterocycles. The summed E-state index contributed by atoms with van der Waals surface area (Å²) in [5.41, 5.74) is 0.150. The molecular formula is C31H38ClNO10. The summed E-state index contributed by atoms with van der Waals surface area (Å²) in [7, 11) is 0. The van der Waals surface area contributed by atoms with Crippen molar-refractivity contribution in [1.82, 2.24) is 0 Å². The number of esters is 3. The number of hydrogen-bond donors (Lipinski definition) is 0. The highest BCUT2D eigenvalue weighted by molar-refractivity contribution is 6.31. The first-order chi connectivity index (χ1) is 20.2. The van der Waals surface area contributed by atoms with Crippen molar-refractivity contribution in [3.05, 3.63) is 68.2 Å². The van der Waals surface area contributed by atoms with Crippen LogP contribution in [0.15, 0.2) is 36.4 Å². The number of nitro groups is 1. The lowest BCUT2D eigenvalue weighted by Gasteiger charge is -2.44. The van der Waals surface area contributed by atoms with Gasteiger partial charge in [-0.3, -0.25) is 19.7 Å². The standard InChI is InChI=1S/C31H38ClNO10/c1-8-25-27(40-18(4)34)17(3)28(41-19(5)35)29(42-25)21-11-12-23(32)22(16-21)14-20-10-13-26(24(15-20)33(37)38)43-31(6,7)30(36)39-9-2/h10-13,15-17,25,27-29H,8-9,14H2,1-7H3/t17?,25-,27?,28?,29?/m1/s1. The number of halogens is 1. The van der Waals surface area contributed by atoms with Gasteiger partial charge in [0.1, 0.15) is 18.3 Å². The summed E-state index contributed by atoms with van der Waals surface area (Å²) in [5.74, 6) is -2.05. The third-order valence-electron chi connectivity index (χ3n) is 7.17. The third kappa shape index (κ3) is 8.23. The summed E-state index contributed by atoms with van der Waals surface area (Å²) in [6.07, 6.45) is -1.70. The largest absolute Gasteiger partial charge is 0.469 e. The van der Waals surface area contributed by atoms with Crippen LogP contribution in [0.4, 0.5) is 5.69 Å². The number of hydrogen-bond acceptors (Lipinski definition) is 10. The molecule has 1 fully saturated rings. The van der Waals surface area contributed by atoms with Crippen LogP contribution < -0.4 is 4.74 Å².